The van der Waals surface area contributed by atoms with Crippen LogP contribution in [0.1, 0.15) is 44.6 Å². The molecule has 1 heterocycles. The van der Waals surface area contributed by atoms with Crippen LogP contribution in [0.3, 0.4) is 0 Å². The van der Waals surface area contributed by atoms with E-state index in [2.05, 4.69) is 4.99 Å². The fourth-order valence-corrected chi connectivity index (χ4v) is 3.59. The van der Waals surface area contributed by atoms with Crippen molar-refractivity contribution in [3.05, 3.63) is 35.9 Å². The van der Waals surface area contributed by atoms with E-state index < -0.39 is 23.7 Å². The Morgan fingerprint density at radius 2 is 1.81 bits per heavy atom. The van der Waals surface area contributed by atoms with E-state index in [0.717, 1.165) is 31.1 Å². The van der Waals surface area contributed by atoms with Gasteiger partial charge in [0.15, 0.2) is 0 Å². The van der Waals surface area contributed by atoms with E-state index in [1.165, 1.54) is 0 Å². The number of aliphatic imine (C=N–C) groups is 1. The van der Waals surface area contributed by atoms with Crippen LogP contribution in [0, 0.1) is 0 Å². The van der Waals surface area contributed by atoms with Gasteiger partial charge in [0.2, 0.25) is 5.91 Å². The number of alkyl halides is 3. The van der Waals surface area contributed by atoms with Gasteiger partial charge in [0.05, 0.1) is 0 Å². The zero-order valence-corrected chi connectivity index (χ0v) is 14.3. The van der Waals surface area contributed by atoms with Crippen LogP contribution in [0.15, 0.2) is 35.3 Å². The smallest absolute Gasteiger partial charge is 0.317 e. The second-order valence-electron chi connectivity index (χ2n) is 6.66. The molecule has 1 aromatic carbocycles. The Hall–Kier alpha value is -2.38. The van der Waals surface area contributed by atoms with E-state index in [1.807, 2.05) is 0 Å². The molecular formula is C18H20F3N3O2. The second kappa shape index (κ2) is 6.74. The molecule has 0 spiro atoms. The molecule has 0 radical (unpaired) electrons. The highest BCUT2D eigenvalue weighted by Gasteiger charge is 2.67. The van der Waals surface area contributed by atoms with Crippen LogP contribution in [0.2, 0.25) is 0 Å². The van der Waals surface area contributed by atoms with Gasteiger partial charge in [-0.3, -0.25) is 14.5 Å². The number of amides is 2. The van der Waals surface area contributed by atoms with Gasteiger partial charge in [-0.15, -0.1) is 0 Å². The normalized spacial score (nSPS) is 24.5. The number of nitrogens with one attached hydrogen (secondary N) is 1. The molecule has 1 fully saturated rings. The molecule has 8 heteroatoms. The second-order valence-corrected chi connectivity index (χ2v) is 6.66. The average molecular weight is 367 g/mol. The summed E-state index contributed by atoms with van der Waals surface area (Å²) in [6.45, 7) is 0.946. The number of rotatable bonds is 3. The summed E-state index contributed by atoms with van der Waals surface area (Å²) in [6.07, 6.45) is -1.13. The van der Waals surface area contributed by atoms with Gasteiger partial charge in [-0.2, -0.15) is 13.2 Å². The van der Waals surface area contributed by atoms with E-state index in [1.54, 1.807) is 35.6 Å². The number of amidine groups is 1. The predicted molar refractivity (Wildman–Crippen MR) is 89.3 cm³/mol. The van der Waals surface area contributed by atoms with Crippen molar-refractivity contribution in [1.29, 1.82) is 0 Å². The summed E-state index contributed by atoms with van der Waals surface area (Å²) in [7, 11) is 0. The molecule has 140 valence electrons. The quantitative estimate of drug-likeness (QED) is 0.893. The molecular weight excluding hydrogens is 347 g/mol. The molecule has 5 nitrogen and oxygen atoms in total. The van der Waals surface area contributed by atoms with Crippen molar-refractivity contribution >= 4 is 17.6 Å². The summed E-state index contributed by atoms with van der Waals surface area (Å²) in [4.78, 5) is 29.4. The zero-order chi connectivity index (χ0) is 18.9. The van der Waals surface area contributed by atoms with Crippen LogP contribution >= 0.6 is 0 Å². The minimum absolute atomic E-state index is 0.0337. The Labute approximate surface area is 149 Å². The first-order valence-electron chi connectivity index (χ1n) is 8.61. The van der Waals surface area contributed by atoms with E-state index in [4.69, 9.17) is 0 Å². The number of halogens is 3. The van der Waals surface area contributed by atoms with Crippen molar-refractivity contribution in [3.8, 4) is 0 Å². The van der Waals surface area contributed by atoms with Crippen molar-refractivity contribution < 1.29 is 22.8 Å². The fraction of sp³-hybridized carbons (Fsp3) is 0.500. The third-order valence-corrected chi connectivity index (χ3v) is 4.77. The third kappa shape index (κ3) is 3.08. The monoisotopic (exact) mass is 367 g/mol. The molecule has 1 aromatic rings. The highest BCUT2D eigenvalue weighted by Crippen LogP contribution is 2.40. The van der Waals surface area contributed by atoms with E-state index in [9.17, 15) is 22.8 Å². The van der Waals surface area contributed by atoms with E-state index in [-0.39, 0.29) is 11.9 Å². The maximum absolute atomic E-state index is 13.9. The van der Waals surface area contributed by atoms with E-state index >= 15 is 0 Å². The first-order valence-corrected chi connectivity index (χ1v) is 8.61. The van der Waals surface area contributed by atoms with Gasteiger partial charge in [-0.1, -0.05) is 49.6 Å². The number of hydrogen-bond donors (Lipinski definition) is 1. The maximum atomic E-state index is 13.9. The van der Waals surface area contributed by atoms with Crippen molar-refractivity contribution in [3.63, 3.8) is 0 Å². The number of hydrogen-bond acceptors (Lipinski definition) is 3. The molecule has 1 atom stereocenters. The van der Waals surface area contributed by atoms with E-state index in [0.29, 0.717) is 18.4 Å². The molecule has 2 aliphatic rings. The summed E-state index contributed by atoms with van der Waals surface area (Å²) in [5, 5.41) is 1.77. The Morgan fingerprint density at radius 1 is 1.19 bits per heavy atom. The largest absolute Gasteiger partial charge is 0.442 e. The number of nitrogens with zero attached hydrogens (tertiary/aromatic N) is 2. The standard InChI is InChI=1S/C18H20F3N3O2/c1-12(25)22-17(18(19,20)21)16(26)24(14-10-6-3-7-11-14)15(23-17)13-8-4-2-5-9-13/h2,4-5,8-9,14H,3,6-7,10-11H2,1H3,(H,22,25)/t17-/m0/s1. The fourth-order valence-electron chi connectivity index (χ4n) is 3.59. The summed E-state index contributed by atoms with van der Waals surface area (Å²) in [5.41, 5.74) is -2.84. The Morgan fingerprint density at radius 3 is 2.35 bits per heavy atom. The first-order chi connectivity index (χ1) is 12.3. The van der Waals surface area contributed by atoms with Gasteiger partial charge < -0.3 is 5.32 Å². The summed E-state index contributed by atoms with van der Waals surface area (Å²) in [6, 6.07) is 7.95. The molecule has 1 aliphatic carbocycles. The first kappa shape index (κ1) is 18.4. The van der Waals surface area contributed by atoms with Crippen LogP contribution in [-0.2, 0) is 9.59 Å². The Kier molecular flexibility index (Phi) is 4.77. The van der Waals surface area contributed by atoms with Gasteiger partial charge in [0.25, 0.3) is 5.91 Å². The lowest BCUT2D eigenvalue weighted by atomic mass is 9.93. The Bertz CT molecular complexity index is 727. The van der Waals surface area contributed by atoms with Crippen molar-refractivity contribution in [2.24, 2.45) is 4.99 Å². The molecule has 0 saturated heterocycles. The highest BCUT2D eigenvalue weighted by atomic mass is 19.4. The highest BCUT2D eigenvalue weighted by molar-refractivity contribution is 6.16. The lowest BCUT2D eigenvalue weighted by Crippen LogP contribution is -2.64. The van der Waals surface area contributed by atoms with Crippen LogP contribution < -0.4 is 5.32 Å². The van der Waals surface area contributed by atoms with Crippen LogP contribution in [0.4, 0.5) is 13.2 Å². The van der Waals surface area contributed by atoms with Crippen molar-refractivity contribution in [2.75, 3.05) is 0 Å². The molecule has 0 unspecified atom stereocenters. The summed E-state index contributed by atoms with van der Waals surface area (Å²) >= 11 is 0. The topological polar surface area (TPSA) is 61.8 Å². The zero-order valence-electron chi connectivity index (χ0n) is 14.3. The molecule has 26 heavy (non-hydrogen) atoms. The summed E-state index contributed by atoms with van der Waals surface area (Å²) < 4.78 is 41.7. The molecule has 1 aliphatic heterocycles. The third-order valence-electron chi connectivity index (χ3n) is 4.77. The lowest BCUT2D eigenvalue weighted by Gasteiger charge is -2.34. The van der Waals surface area contributed by atoms with Crippen molar-refractivity contribution in [2.45, 2.75) is 56.9 Å². The van der Waals surface area contributed by atoms with Crippen LogP contribution in [0.5, 0.6) is 0 Å². The predicted octanol–water partition coefficient (Wildman–Crippen LogP) is 3.00. The lowest BCUT2D eigenvalue weighted by molar-refractivity contribution is -0.200. The molecule has 0 aromatic heterocycles. The number of carbonyl (C=O) groups is 2. The number of carbonyl (C=O) groups excluding carboxylic acids is 2. The average Bonchev–Trinajstić information content (AvgIpc) is 2.89. The minimum atomic E-state index is -5.04. The van der Waals surface area contributed by atoms with Gasteiger partial charge in [0.1, 0.15) is 5.84 Å². The van der Waals surface area contributed by atoms with Gasteiger partial charge in [-0.05, 0) is 12.8 Å². The number of benzene rings is 1. The summed E-state index contributed by atoms with van der Waals surface area (Å²) in [5.74, 6) is -2.23. The van der Waals surface area contributed by atoms with Gasteiger partial charge in [-0.25, -0.2) is 4.99 Å². The minimum Gasteiger partial charge on any atom is -0.317 e. The molecule has 0 bridgehead atoms. The molecule has 3 rings (SSSR count). The SMILES string of the molecule is CC(=O)N[C@]1(C(F)(F)F)N=C(c2ccccc2)N(C2CCCCC2)C1=O. The Balaban J connectivity index is 2.13. The molecule has 1 N–H and O–H groups in total. The van der Waals surface area contributed by atoms with Gasteiger partial charge in [0, 0.05) is 18.5 Å². The maximum Gasteiger partial charge on any atom is 0.442 e. The van der Waals surface area contributed by atoms with Crippen LogP contribution in [-0.4, -0.2) is 40.4 Å². The molecule has 1 saturated carbocycles. The van der Waals surface area contributed by atoms with Gasteiger partial charge >= 0.3 is 11.8 Å². The molecule has 2 amide bonds. The van der Waals surface area contributed by atoms with Crippen LogP contribution in [0.25, 0.3) is 0 Å². The van der Waals surface area contributed by atoms with Crippen molar-refractivity contribution in [1.82, 2.24) is 10.2 Å².